The molecule has 3 N–H and O–H groups in total. The number of piperidine rings is 1. The van der Waals surface area contributed by atoms with E-state index in [2.05, 4.69) is 11.8 Å². The van der Waals surface area contributed by atoms with Crippen molar-refractivity contribution >= 4 is 5.69 Å². The van der Waals surface area contributed by atoms with Crippen molar-refractivity contribution in [3.8, 4) is 0 Å². The predicted octanol–water partition coefficient (Wildman–Crippen LogP) is 1.73. The van der Waals surface area contributed by atoms with Crippen molar-refractivity contribution in [2.75, 3.05) is 25.4 Å². The maximum atomic E-state index is 9.10. The molecule has 1 aliphatic heterocycles. The molecular weight excluding hydrogens is 200 g/mol. The molecule has 3 nitrogen and oxygen atoms in total. The van der Waals surface area contributed by atoms with E-state index in [4.69, 9.17) is 10.8 Å². The average molecular weight is 222 g/mol. The molecule has 1 aliphatic rings. The number of anilines is 1. The highest BCUT2D eigenvalue weighted by atomic mass is 16.3. The fraction of sp³-hybridized carbons (Fsp3) is 0.538. The maximum Gasteiger partial charge on any atom is 0.0564 e. The zero-order chi connectivity index (χ0) is 11.8. The molecule has 0 saturated carbocycles. The van der Waals surface area contributed by atoms with E-state index in [-0.39, 0.29) is 6.10 Å². The van der Waals surface area contributed by atoms with Crippen LogP contribution in [-0.4, -0.2) is 35.7 Å². The molecular formula is C13H22N2O. The third kappa shape index (κ3) is 5.14. The van der Waals surface area contributed by atoms with Gasteiger partial charge in [-0.15, -0.1) is 0 Å². The number of aliphatic hydroxyl groups excluding tert-OH is 1. The lowest BCUT2D eigenvalue weighted by Gasteiger charge is -2.27. The summed E-state index contributed by atoms with van der Waals surface area (Å²) in [5.41, 5.74) is 6.18. The van der Waals surface area contributed by atoms with Crippen molar-refractivity contribution < 1.29 is 5.11 Å². The van der Waals surface area contributed by atoms with Gasteiger partial charge in [-0.2, -0.15) is 0 Å². The lowest BCUT2D eigenvalue weighted by Crippen LogP contribution is -2.35. The van der Waals surface area contributed by atoms with E-state index in [1.807, 2.05) is 30.3 Å². The van der Waals surface area contributed by atoms with Gasteiger partial charge in [0.25, 0.3) is 0 Å². The molecule has 0 spiro atoms. The van der Waals surface area contributed by atoms with Crippen molar-refractivity contribution in [2.24, 2.45) is 0 Å². The number of para-hydroxylation sites is 1. The number of benzene rings is 1. The van der Waals surface area contributed by atoms with Gasteiger partial charge in [0.15, 0.2) is 0 Å². The number of hydrogen-bond donors (Lipinski definition) is 2. The summed E-state index contributed by atoms with van der Waals surface area (Å²) < 4.78 is 0. The van der Waals surface area contributed by atoms with Gasteiger partial charge in [-0.05, 0) is 31.5 Å². The summed E-state index contributed by atoms with van der Waals surface area (Å²) >= 11 is 0. The van der Waals surface area contributed by atoms with Crippen LogP contribution in [-0.2, 0) is 0 Å². The van der Waals surface area contributed by atoms with Gasteiger partial charge in [0.05, 0.1) is 6.10 Å². The summed E-state index contributed by atoms with van der Waals surface area (Å²) in [6, 6.07) is 9.49. The molecule has 90 valence electrons. The molecule has 0 bridgehead atoms. The molecule has 3 heteroatoms. The minimum Gasteiger partial charge on any atom is -0.399 e. The predicted molar refractivity (Wildman–Crippen MR) is 68.2 cm³/mol. The van der Waals surface area contributed by atoms with Crippen LogP contribution in [0.3, 0.4) is 0 Å². The van der Waals surface area contributed by atoms with Crippen LogP contribution in [0.1, 0.15) is 19.8 Å². The summed E-state index contributed by atoms with van der Waals surface area (Å²) in [5, 5.41) is 9.10. The van der Waals surface area contributed by atoms with E-state index < -0.39 is 0 Å². The van der Waals surface area contributed by atoms with Crippen LogP contribution in [0, 0.1) is 0 Å². The fourth-order valence-corrected chi connectivity index (χ4v) is 1.69. The maximum absolute atomic E-state index is 9.10. The molecule has 2 rings (SSSR count). The van der Waals surface area contributed by atoms with Gasteiger partial charge in [0, 0.05) is 18.8 Å². The van der Waals surface area contributed by atoms with E-state index in [1.165, 1.54) is 0 Å². The number of nitrogens with zero attached hydrogens (tertiary/aromatic N) is 1. The quantitative estimate of drug-likeness (QED) is 0.711. The molecule has 1 aromatic rings. The first kappa shape index (κ1) is 13.0. The van der Waals surface area contributed by atoms with Crippen LogP contribution in [0.4, 0.5) is 5.69 Å². The van der Waals surface area contributed by atoms with Gasteiger partial charge in [-0.3, -0.25) is 0 Å². The zero-order valence-electron chi connectivity index (χ0n) is 9.97. The molecule has 0 radical (unpaired) electrons. The third-order valence-corrected chi connectivity index (χ3v) is 2.80. The number of likely N-dealkylation sites (tertiary alicyclic amines) is 1. The Bertz CT molecular complexity index is 269. The second kappa shape index (κ2) is 7.25. The summed E-state index contributed by atoms with van der Waals surface area (Å²) in [6.07, 6.45) is 1.91. The summed E-state index contributed by atoms with van der Waals surface area (Å²) in [5.74, 6) is 0. The van der Waals surface area contributed by atoms with Gasteiger partial charge in [-0.25, -0.2) is 0 Å². The lowest BCUT2D eigenvalue weighted by molar-refractivity contribution is 0.0852. The monoisotopic (exact) mass is 222 g/mol. The van der Waals surface area contributed by atoms with Gasteiger partial charge >= 0.3 is 0 Å². The first-order chi connectivity index (χ1) is 7.72. The standard InChI is InChI=1S/C7H15NO.C6H7N/c1-2-8-5-3-7(9)4-6-8;7-6-4-2-1-3-5-6/h7,9H,2-6H2,1H3;1-5H,7H2. The molecule has 1 saturated heterocycles. The minimum absolute atomic E-state index is 0.0206. The Labute approximate surface area is 97.9 Å². The van der Waals surface area contributed by atoms with Crippen LogP contribution in [0.15, 0.2) is 30.3 Å². The molecule has 0 aromatic heterocycles. The third-order valence-electron chi connectivity index (χ3n) is 2.80. The Kier molecular flexibility index (Phi) is 5.90. The van der Waals surface area contributed by atoms with Crippen molar-refractivity contribution in [3.05, 3.63) is 30.3 Å². The average Bonchev–Trinajstić information content (AvgIpc) is 2.32. The molecule has 0 aliphatic carbocycles. The van der Waals surface area contributed by atoms with Gasteiger partial charge in [-0.1, -0.05) is 25.1 Å². The van der Waals surface area contributed by atoms with Gasteiger partial charge in [0.2, 0.25) is 0 Å². The molecule has 1 fully saturated rings. The van der Waals surface area contributed by atoms with Crippen molar-refractivity contribution in [2.45, 2.75) is 25.9 Å². The Morgan fingerprint density at radius 3 is 2.19 bits per heavy atom. The molecule has 1 heterocycles. The molecule has 16 heavy (non-hydrogen) atoms. The SMILES string of the molecule is CCN1CCC(O)CC1.Nc1ccccc1. The number of rotatable bonds is 1. The largest absolute Gasteiger partial charge is 0.399 e. The van der Waals surface area contributed by atoms with Gasteiger partial charge < -0.3 is 15.7 Å². The summed E-state index contributed by atoms with van der Waals surface area (Å²) in [7, 11) is 0. The highest BCUT2D eigenvalue weighted by Crippen LogP contribution is 2.08. The summed E-state index contributed by atoms with van der Waals surface area (Å²) in [4.78, 5) is 2.37. The Morgan fingerprint density at radius 1 is 1.25 bits per heavy atom. The van der Waals surface area contributed by atoms with Crippen LogP contribution in [0.2, 0.25) is 0 Å². The number of nitrogen functional groups attached to an aromatic ring is 1. The van der Waals surface area contributed by atoms with E-state index in [9.17, 15) is 0 Å². The van der Waals surface area contributed by atoms with Crippen LogP contribution < -0.4 is 5.73 Å². The molecule has 0 atom stereocenters. The topological polar surface area (TPSA) is 49.5 Å². The van der Waals surface area contributed by atoms with Crippen molar-refractivity contribution in [1.82, 2.24) is 4.90 Å². The van der Waals surface area contributed by atoms with E-state index in [0.717, 1.165) is 38.2 Å². The zero-order valence-corrected chi connectivity index (χ0v) is 9.97. The van der Waals surface area contributed by atoms with Crippen molar-refractivity contribution in [3.63, 3.8) is 0 Å². The number of hydrogen-bond acceptors (Lipinski definition) is 3. The molecule has 0 amide bonds. The van der Waals surface area contributed by atoms with Crippen LogP contribution in [0.5, 0.6) is 0 Å². The van der Waals surface area contributed by atoms with E-state index in [0.29, 0.717) is 0 Å². The smallest absolute Gasteiger partial charge is 0.0564 e. The Hall–Kier alpha value is -1.06. The number of nitrogens with two attached hydrogens (primary N) is 1. The van der Waals surface area contributed by atoms with Crippen LogP contribution in [0.25, 0.3) is 0 Å². The first-order valence-electron chi connectivity index (χ1n) is 5.93. The minimum atomic E-state index is -0.0206. The fourth-order valence-electron chi connectivity index (χ4n) is 1.69. The lowest BCUT2D eigenvalue weighted by atomic mass is 10.1. The normalized spacial score (nSPS) is 17.6. The second-order valence-corrected chi connectivity index (χ2v) is 4.08. The molecule has 1 aromatic carbocycles. The molecule has 0 unspecified atom stereocenters. The van der Waals surface area contributed by atoms with Crippen LogP contribution >= 0.6 is 0 Å². The Morgan fingerprint density at radius 2 is 1.81 bits per heavy atom. The van der Waals surface area contributed by atoms with Crippen molar-refractivity contribution in [1.29, 1.82) is 0 Å². The Balaban J connectivity index is 0.000000165. The highest BCUT2D eigenvalue weighted by Gasteiger charge is 2.14. The highest BCUT2D eigenvalue weighted by molar-refractivity contribution is 5.35. The van der Waals surface area contributed by atoms with E-state index in [1.54, 1.807) is 0 Å². The first-order valence-corrected chi connectivity index (χ1v) is 5.93. The van der Waals surface area contributed by atoms with Gasteiger partial charge in [0.1, 0.15) is 0 Å². The van der Waals surface area contributed by atoms with E-state index >= 15 is 0 Å². The number of aliphatic hydroxyl groups is 1. The second-order valence-electron chi connectivity index (χ2n) is 4.08. The summed E-state index contributed by atoms with van der Waals surface area (Å²) in [6.45, 7) is 5.46.